The number of ether oxygens (including phenoxy) is 1. The van der Waals surface area contributed by atoms with Crippen LogP contribution in [-0.4, -0.2) is 50.5 Å². The second-order valence-electron chi connectivity index (χ2n) is 6.45. The Morgan fingerprint density at radius 2 is 2.21 bits per heavy atom. The molecule has 6 heteroatoms. The number of likely N-dealkylation sites (tertiary alicyclic amines) is 1. The summed E-state index contributed by atoms with van der Waals surface area (Å²) >= 11 is 1.92. The van der Waals surface area contributed by atoms with Crippen molar-refractivity contribution in [2.75, 3.05) is 18.8 Å². The number of aryl methyl sites for hydroxylation is 1. The lowest BCUT2D eigenvalue weighted by atomic mass is 9.92. The summed E-state index contributed by atoms with van der Waals surface area (Å²) in [6.45, 7) is 3.46. The molecule has 2 aromatic rings. The first-order valence-electron chi connectivity index (χ1n) is 8.07. The first-order chi connectivity index (χ1) is 11.6. The number of hydrogen-bond donors (Lipinski definition) is 0. The predicted octanol–water partition coefficient (Wildman–Crippen LogP) is 2.56. The molecule has 2 saturated heterocycles. The minimum absolute atomic E-state index is 0.0292. The molecule has 1 spiro atoms. The second kappa shape index (κ2) is 6.09. The number of rotatable bonds is 3. The van der Waals surface area contributed by atoms with Crippen LogP contribution in [0, 0.1) is 6.92 Å². The summed E-state index contributed by atoms with van der Waals surface area (Å²) < 4.78 is 6.15. The number of carbonyl (C=O) groups is 1. The molecule has 4 rings (SSSR count). The average molecular weight is 341 g/mol. The molecule has 4 heterocycles. The Kier molecular flexibility index (Phi) is 3.92. The first kappa shape index (κ1) is 15.4. The molecule has 0 bridgehead atoms. The molecule has 0 N–H and O–H groups in total. The van der Waals surface area contributed by atoms with Gasteiger partial charge < -0.3 is 9.64 Å². The van der Waals surface area contributed by atoms with Crippen molar-refractivity contribution in [3.63, 3.8) is 0 Å². The van der Waals surface area contributed by atoms with Gasteiger partial charge in [0.1, 0.15) is 17.5 Å². The third kappa shape index (κ3) is 2.98. The molecular formula is C18H19N3O2S. The van der Waals surface area contributed by atoms with E-state index in [-0.39, 0.29) is 16.8 Å². The van der Waals surface area contributed by atoms with Gasteiger partial charge in [0.15, 0.2) is 0 Å². The van der Waals surface area contributed by atoms with Crippen molar-refractivity contribution in [1.82, 2.24) is 14.9 Å². The van der Waals surface area contributed by atoms with Crippen LogP contribution in [0.25, 0.3) is 0 Å². The Hall–Kier alpha value is -2.08. The molecule has 124 valence electrons. The summed E-state index contributed by atoms with van der Waals surface area (Å²) in [7, 11) is 0. The van der Waals surface area contributed by atoms with E-state index in [4.69, 9.17) is 4.74 Å². The molecule has 2 aromatic heterocycles. The average Bonchev–Trinajstić information content (AvgIpc) is 2.98. The van der Waals surface area contributed by atoms with Crippen LogP contribution >= 0.6 is 11.8 Å². The normalized spacial score (nSPS) is 21.5. The number of carbonyl (C=O) groups excluding carboxylic acids is 1. The van der Waals surface area contributed by atoms with Gasteiger partial charge in [-0.25, -0.2) is 4.98 Å². The molecule has 2 aliphatic rings. The van der Waals surface area contributed by atoms with Crippen LogP contribution in [-0.2, 0) is 0 Å². The molecule has 1 amide bonds. The minimum Gasteiger partial charge on any atom is -0.488 e. The van der Waals surface area contributed by atoms with Gasteiger partial charge in [-0.1, -0.05) is 6.07 Å². The van der Waals surface area contributed by atoms with Crippen LogP contribution in [0.3, 0.4) is 0 Å². The third-order valence-electron chi connectivity index (χ3n) is 4.46. The third-order valence-corrected chi connectivity index (χ3v) is 6.04. The van der Waals surface area contributed by atoms with Crippen LogP contribution in [0.15, 0.2) is 42.7 Å². The molecule has 0 saturated carbocycles. The molecule has 0 unspecified atom stereocenters. The monoisotopic (exact) mass is 341 g/mol. The summed E-state index contributed by atoms with van der Waals surface area (Å²) in [6.07, 6.45) is 4.65. The SMILES string of the molecule is Cc1cccc(C(=O)N2CC3(C[C@H](Oc4cccnc4)CS3)C2)n1. The number of hydrogen-bond acceptors (Lipinski definition) is 5. The number of thioether (sulfide) groups is 1. The summed E-state index contributed by atoms with van der Waals surface area (Å²) in [5, 5.41) is 0. The van der Waals surface area contributed by atoms with E-state index in [1.807, 2.05) is 47.9 Å². The number of pyridine rings is 2. The van der Waals surface area contributed by atoms with Crippen LogP contribution in [0.2, 0.25) is 0 Å². The van der Waals surface area contributed by atoms with Gasteiger partial charge >= 0.3 is 0 Å². The Balaban J connectivity index is 1.34. The van der Waals surface area contributed by atoms with Gasteiger partial charge in [-0.2, -0.15) is 0 Å². The fraction of sp³-hybridized carbons (Fsp3) is 0.389. The zero-order chi connectivity index (χ0) is 16.6. The van der Waals surface area contributed by atoms with Crippen molar-refractivity contribution in [1.29, 1.82) is 0 Å². The van der Waals surface area contributed by atoms with Gasteiger partial charge in [-0.3, -0.25) is 9.78 Å². The first-order valence-corrected chi connectivity index (χ1v) is 9.06. The highest BCUT2D eigenvalue weighted by Crippen LogP contribution is 2.46. The van der Waals surface area contributed by atoms with Crippen molar-refractivity contribution < 1.29 is 9.53 Å². The number of amides is 1. The molecule has 24 heavy (non-hydrogen) atoms. The molecule has 2 fully saturated rings. The second-order valence-corrected chi connectivity index (χ2v) is 7.94. The predicted molar refractivity (Wildman–Crippen MR) is 93.3 cm³/mol. The highest BCUT2D eigenvalue weighted by molar-refractivity contribution is 8.01. The zero-order valence-corrected chi connectivity index (χ0v) is 14.3. The number of aromatic nitrogens is 2. The van der Waals surface area contributed by atoms with Crippen molar-refractivity contribution in [2.45, 2.75) is 24.2 Å². The van der Waals surface area contributed by atoms with Crippen molar-refractivity contribution >= 4 is 17.7 Å². The van der Waals surface area contributed by atoms with Gasteiger partial charge in [0.2, 0.25) is 0 Å². The van der Waals surface area contributed by atoms with Crippen molar-refractivity contribution in [2.24, 2.45) is 0 Å². The maximum atomic E-state index is 12.5. The zero-order valence-electron chi connectivity index (χ0n) is 13.5. The maximum absolute atomic E-state index is 12.5. The lowest BCUT2D eigenvalue weighted by molar-refractivity contribution is 0.0512. The van der Waals surface area contributed by atoms with E-state index in [2.05, 4.69) is 9.97 Å². The molecule has 0 aliphatic carbocycles. The van der Waals surface area contributed by atoms with Gasteiger partial charge in [0.05, 0.1) is 10.9 Å². The largest absolute Gasteiger partial charge is 0.488 e. The topological polar surface area (TPSA) is 55.3 Å². The quantitative estimate of drug-likeness (QED) is 0.859. The van der Waals surface area contributed by atoms with Gasteiger partial charge in [0.25, 0.3) is 5.91 Å². The lowest BCUT2D eigenvalue weighted by Gasteiger charge is -2.47. The van der Waals surface area contributed by atoms with E-state index in [1.165, 1.54) is 0 Å². The van der Waals surface area contributed by atoms with E-state index < -0.39 is 0 Å². The lowest BCUT2D eigenvalue weighted by Crippen LogP contribution is -2.61. The Morgan fingerprint density at radius 3 is 2.96 bits per heavy atom. The maximum Gasteiger partial charge on any atom is 0.272 e. The fourth-order valence-corrected chi connectivity index (χ4v) is 4.85. The summed E-state index contributed by atoms with van der Waals surface area (Å²) in [4.78, 5) is 22.8. The Labute approximate surface area is 145 Å². The van der Waals surface area contributed by atoms with Crippen LogP contribution in [0.4, 0.5) is 0 Å². The highest BCUT2D eigenvalue weighted by Gasteiger charge is 2.51. The summed E-state index contributed by atoms with van der Waals surface area (Å²) in [5.41, 5.74) is 1.41. The highest BCUT2D eigenvalue weighted by atomic mass is 32.2. The van der Waals surface area contributed by atoms with Gasteiger partial charge in [0, 0.05) is 37.2 Å². The van der Waals surface area contributed by atoms with E-state index in [9.17, 15) is 4.79 Å². The smallest absolute Gasteiger partial charge is 0.272 e. The van der Waals surface area contributed by atoms with Gasteiger partial charge in [-0.05, 0) is 31.2 Å². The number of nitrogens with zero attached hydrogens (tertiary/aromatic N) is 3. The molecular weight excluding hydrogens is 322 g/mol. The van der Waals surface area contributed by atoms with E-state index >= 15 is 0 Å². The van der Waals surface area contributed by atoms with Crippen molar-refractivity contribution in [3.05, 3.63) is 54.1 Å². The Morgan fingerprint density at radius 1 is 1.33 bits per heavy atom. The summed E-state index contributed by atoms with van der Waals surface area (Å²) in [5.74, 6) is 1.80. The fourth-order valence-electron chi connectivity index (χ4n) is 3.32. The van der Waals surface area contributed by atoms with Gasteiger partial charge in [-0.15, -0.1) is 11.8 Å². The van der Waals surface area contributed by atoms with Crippen LogP contribution in [0.5, 0.6) is 5.75 Å². The molecule has 2 aliphatic heterocycles. The summed E-state index contributed by atoms with van der Waals surface area (Å²) in [6, 6.07) is 9.39. The Bertz CT molecular complexity index is 747. The van der Waals surface area contributed by atoms with Crippen LogP contribution in [0.1, 0.15) is 22.6 Å². The molecule has 0 aromatic carbocycles. The molecule has 0 radical (unpaired) electrons. The minimum atomic E-state index is 0.0292. The standard InChI is InChI=1S/C18H19N3O2S/c1-13-4-2-6-16(20-13)17(22)21-11-18(12-21)8-15(10-24-18)23-14-5-3-7-19-9-14/h2-7,9,15H,8,10-12H2,1H3/t15-/m0/s1. The van der Waals surface area contributed by atoms with E-state index in [1.54, 1.807) is 18.5 Å². The van der Waals surface area contributed by atoms with E-state index in [0.29, 0.717) is 5.69 Å². The molecule has 5 nitrogen and oxygen atoms in total. The van der Waals surface area contributed by atoms with Crippen LogP contribution < -0.4 is 4.74 Å². The van der Waals surface area contributed by atoms with E-state index in [0.717, 1.165) is 36.7 Å². The molecule has 1 atom stereocenters. The van der Waals surface area contributed by atoms with Crippen molar-refractivity contribution in [3.8, 4) is 5.75 Å².